The van der Waals surface area contributed by atoms with Gasteiger partial charge in [-0.15, -0.1) is 23.7 Å². The summed E-state index contributed by atoms with van der Waals surface area (Å²) in [5.41, 5.74) is 6.62. The number of hydrogen-bond donors (Lipinski definition) is 2. The number of H-pyrrole nitrogens is 1. The molecule has 0 amide bonds. The van der Waals surface area contributed by atoms with Crippen molar-refractivity contribution >= 4 is 40.6 Å². The van der Waals surface area contributed by atoms with Crippen LogP contribution in [0.1, 0.15) is 10.8 Å². The van der Waals surface area contributed by atoms with E-state index in [4.69, 9.17) is 5.73 Å². The molecule has 0 saturated carbocycles. The molecule has 0 fully saturated rings. The molecular weight excluding hydrogens is 258 g/mol. The molecule has 0 aliphatic rings. The molecule has 3 aromatic rings. The van der Waals surface area contributed by atoms with Gasteiger partial charge in [0.2, 0.25) is 0 Å². The normalized spacial score (nSPS) is 10.4. The van der Waals surface area contributed by atoms with Crippen molar-refractivity contribution in [3.63, 3.8) is 0 Å². The minimum atomic E-state index is 0. The molecule has 0 aromatic carbocycles. The van der Waals surface area contributed by atoms with Gasteiger partial charge < -0.3 is 10.7 Å². The fourth-order valence-corrected chi connectivity index (χ4v) is 2.18. The Morgan fingerprint density at radius 3 is 3.00 bits per heavy atom. The van der Waals surface area contributed by atoms with Crippen LogP contribution in [0.5, 0.6) is 0 Å². The molecule has 3 N–H and O–H groups in total. The second-order valence-corrected chi connectivity index (χ2v) is 4.35. The fourth-order valence-electron chi connectivity index (χ4n) is 1.57. The maximum atomic E-state index is 5.84. The molecule has 3 heterocycles. The molecule has 88 valence electrons. The van der Waals surface area contributed by atoms with Crippen LogP contribution in [0.25, 0.3) is 11.0 Å². The van der Waals surface area contributed by atoms with Gasteiger partial charge in [0.15, 0.2) is 0 Å². The number of fused-ring (bicyclic) bond motifs is 1. The lowest BCUT2D eigenvalue weighted by Gasteiger charge is -2.00. The molecule has 3 rings (SSSR count). The van der Waals surface area contributed by atoms with E-state index in [-0.39, 0.29) is 12.4 Å². The van der Waals surface area contributed by atoms with Crippen LogP contribution in [0.15, 0.2) is 23.8 Å². The number of hydrogen-bond acceptors (Lipinski definition) is 5. The Kier molecular flexibility index (Phi) is 3.26. The Bertz CT molecular complexity index is 619. The highest BCUT2D eigenvalue weighted by atomic mass is 35.5. The van der Waals surface area contributed by atoms with Gasteiger partial charge in [-0.25, -0.2) is 15.0 Å². The molecular formula is C10H10ClN5S. The number of nitrogens with zero attached hydrogens (tertiary/aromatic N) is 3. The maximum absolute atomic E-state index is 5.84. The highest BCUT2D eigenvalue weighted by molar-refractivity contribution is 7.09. The zero-order chi connectivity index (χ0) is 11.0. The number of halogens is 1. The maximum Gasteiger partial charge on any atom is 0.143 e. The third-order valence-corrected chi connectivity index (χ3v) is 3.06. The molecule has 3 aromatic heterocycles. The Morgan fingerprint density at radius 2 is 2.24 bits per heavy atom. The van der Waals surface area contributed by atoms with Crippen LogP contribution < -0.4 is 5.73 Å². The summed E-state index contributed by atoms with van der Waals surface area (Å²) in [6.45, 7) is 0. The first-order valence-corrected chi connectivity index (χ1v) is 5.69. The summed E-state index contributed by atoms with van der Waals surface area (Å²) in [6.07, 6.45) is 4.20. The van der Waals surface area contributed by atoms with E-state index in [1.54, 1.807) is 17.5 Å². The molecule has 0 aliphatic carbocycles. The van der Waals surface area contributed by atoms with E-state index in [1.165, 1.54) is 0 Å². The molecule has 0 radical (unpaired) electrons. The second kappa shape index (κ2) is 4.68. The zero-order valence-electron chi connectivity index (χ0n) is 8.75. The summed E-state index contributed by atoms with van der Waals surface area (Å²) in [5.74, 6) is 1.21. The van der Waals surface area contributed by atoms with Gasteiger partial charge >= 0.3 is 0 Å². The summed E-state index contributed by atoms with van der Waals surface area (Å²) < 4.78 is 0. The third-order valence-electron chi connectivity index (χ3n) is 2.28. The van der Waals surface area contributed by atoms with Gasteiger partial charge in [0.05, 0.1) is 11.8 Å². The van der Waals surface area contributed by atoms with Gasteiger partial charge in [-0.3, -0.25) is 0 Å². The third kappa shape index (κ3) is 2.22. The summed E-state index contributed by atoms with van der Waals surface area (Å²) in [5, 5.41) is 3.79. The average Bonchev–Trinajstić information content (AvgIpc) is 2.87. The number of nitrogens with one attached hydrogen (secondary N) is 1. The quantitative estimate of drug-likeness (QED) is 0.744. The van der Waals surface area contributed by atoms with Gasteiger partial charge in [-0.05, 0) is 6.07 Å². The number of anilines is 1. The molecule has 0 atom stereocenters. The van der Waals surface area contributed by atoms with Crippen molar-refractivity contribution in [3.05, 3.63) is 34.7 Å². The molecule has 0 unspecified atom stereocenters. The Balaban J connectivity index is 0.00000108. The molecule has 17 heavy (non-hydrogen) atoms. The fraction of sp³-hybridized carbons (Fsp3) is 0.100. The minimum absolute atomic E-state index is 0. The summed E-state index contributed by atoms with van der Waals surface area (Å²) in [4.78, 5) is 15.9. The Morgan fingerprint density at radius 1 is 1.35 bits per heavy atom. The van der Waals surface area contributed by atoms with Crippen molar-refractivity contribution in [1.29, 1.82) is 0 Å². The van der Waals surface area contributed by atoms with E-state index >= 15 is 0 Å². The zero-order valence-corrected chi connectivity index (χ0v) is 10.4. The second-order valence-electron chi connectivity index (χ2n) is 3.37. The molecule has 0 spiro atoms. The molecule has 7 heteroatoms. The molecule has 0 saturated heterocycles. The highest BCUT2D eigenvalue weighted by Gasteiger charge is 2.07. The number of rotatable bonds is 2. The first kappa shape index (κ1) is 11.8. The SMILES string of the molecule is Cl.Nc1nc(Cc2nccs2)nc2[nH]ccc12. The smallest absolute Gasteiger partial charge is 0.143 e. The summed E-state index contributed by atoms with van der Waals surface area (Å²) >= 11 is 1.59. The van der Waals surface area contributed by atoms with E-state index in [1.807, 2.05) is 17.6 Å². The van der Waals surface area contributed by atoms with Gasteiger partial charge in [0.25, 0.3) is 0 Å². The highest BCUT2D eigenvalue weighted by Crippen LogP contribution is 2.17. The predicted octanol–water partition coefficient (Wildman–Crippen LogP) is 2.01. The number of aromatic amines is 1. The molecule has 5 nitrogen and oxygen atoms in total. The van der Waals surface area contributed by atoms with Crippen LogP contribution in [0.4, 0.5) is 5.82 Å². The van der Waals surface area contributed by atoms with Crippen molar-refractivity contribution in [3.8, 4) is 0 Å². The molecule has 0 aliphatic heterocycles. The summed E-state index contributed by atoms with van der Waals surface area (Å²) in [7, 11) is 0. The molecule has 0 bridgehead atoms. The number of nitrogen functional groups attached to an aromatic ring is 1. The van der Waals surface area contributed by atoms with Crippen LogP contribution in [0, 0.1) is 0 Å². The Labute approximate surface area is 108 Å². The number of thiazole rings is 1. The van der Waals surface area contributed by atoms with E-state index in [9.17, 15) is 0 Å². The van der Waals surface area contributed by atoms with Crippen molar-refractivity contribution < 1.29 is 0 Å². The van der Waals surface area contributed by atoms with Crippen LogP contribution >= 0.6 is 23.7 Å². The average molecular weight is 268 g/mol. The van der Waals surface area contributed by atoms with Gasteiger partial charge in [-0.1, -0.05) is 0 Å². The van der Waals surface area contributed by atoms with Gasteiger partial charge in [-0.2, -0.15) is 0 Å². The van der Waals surface area contributed by atoms with Crippen molar-refractivity contribution in [2.75, 3.05) is 5.73 Å². The van der Waals surface area contributed by atoms with Crippen LogP contribution in [0.3, 0.4) is 0 Å². The number of aromatic nitrogens is 4. The first-order valence-electron chi connectivity index (χ1n) is 4.81. The predicted molar refractivity (Wildman–Crippen MR) is 70.5 cm³/mol. The summed E-state index contributed by atoms with van der Waals surface area (Å²) in [6, 6.07) is 1.87. The first-order chi connectivity index (χ1) is 7.83. The van der Waals surface area contributed by atoms with Gasteiger partial charge in [0, 0.05) is 17.8 Å². The van der Waals surface area contributed by atoms with Crippen LogP contribution in [0.2, 0.25) is 0 Å². The van der Waals surface area contributed by atoms with Crippen molar-refractivity contribution in [2.24, 2.45) is 0 Å². The largest absolute Gasteiger partial charge is 0.383 e. The van der Waals surface area contributed by atoms with E-state index < -0.39 is 0 Å². The van der Waals surface area contributed by atoms with Gasteiger partial charge in [0.1, 0.15) is 22.3 Å². The van der Waals surface area contributed by atoms with E-state index in [2.05, 4.69) is 19.9 Å². The van der Waals surface area contributed by atoms with E-state index in [0.29, 0.717) is 18.1 Å². The minimum Gasteiger partial charge on any atom is -0.383 e. The number of nitrogens with two attached hydrogens (primary N) is 1. The van der Waals surface area contributed by atoms with Crippen molar-refractivity contribution in [2.45, 2.75) is 6.42 Å². The van der Waals surface area contributed by atoms with Crippen LogP contribution in [-0.4, -0.2) is 19.9 Å². The standard InChI is InChI=1S/C10H9N5S.ClH/c11-9-6-1-2-13-10(6)15-7(14-9)5-8-12-3-4-16-8;/h1-4H,5H2,(H3,11,13,14,15);1H. The van der Waals surface area contributed by atoms with E-state index in [0.717, 1.165) is 16.0 Å². The monoisotopic (exact) mass is 267 g/mol. The lowest BCUT2D eigenvalue weighted by atomic mass is 10.3. The lowest BCUT2D eigenvalue weighted by Crippen LogP contribution is -2.01. The lowest BCUT2D eigenvalue weighted by molar-refractivity contribution is 0.979. The van der Waals surface area contributed by atoms with Crippen molar-refractivity contribution in [1.82, 2.24) is 19.9 Å². The Hall–Kier alpha value is -1.66. The topological polar surface area (TPSA) is 80.5 Å². The van der Waals surface area contributed by atoms with Crippen LogP contribution in [-0.2, 0) is 6.42 Å².